The molecule has 0 aromatic carbocycles. The van der Waals surface area contributed by atoms with Gasteiger partial charge in [-0.25, -0.2) is 4.79 Å². The molecule has 0 radical (unpaired) electrons. The number of hydrogen-bond acceptors (Lipinski definition) is 5. The molecule has 1 aromatic heterocycles. The van der Waals surface area contributed by atoms with E-state index in [4.69, 9.17) is 9.15 Å². The maximum Gasteiger partial charge on any atom is 0.410 e. The number of carbonyl (C=O) groups is 2. The number of halogens is 1. The fraction of sp³-hybridized carbons (Fsp3) is 0.696. The van der Waals surface area contributed by atoms with Crippen LogP contribution in [-0.2, 0) is 4.74 Å². The van der Waals surface area contributed by atoms with Gasteiger partial charge in [-0.2, -0.15) is 0 Å². The minimum Gasteiger partial charge on any atom is -0.459 e. The number of nitrogens with one attached hydrogen (secondary N) is 2. The van der Waals surface area contributed by atoms with Crippen molar-refractivity contribution in [1.29, 1.82) is 0 Å². The average molecular weight is 578 g/mol. The van der Waals surface area contributed by atoms with Gasteiger partial charge >= 0.3 is 6.09 Å². The third-order valence-electron chi connectivity index (χ3n) is 5.16. The van der Waals surface area contributed by atoms with Gasteiger partial charge in [-0.1, -0.05) is 0 Å². The van der Waals surface area contributed by atoms with Crippen molar-refractivity contribution in [2.24, 2.45) is 10.9 Å². The Morgan fingerprint density at radius 1 is 1.24 bits per heavy atom. The van der Waals surface area contributed by atoms with Crippen molar-refractivity contribution in [3.8, 4) is 0 Å². The van der Waals surface area contributed by atoms with Crippen molar-refractivity contribution in [3.05, 3.63) is 24.2 Å². The maximum absolute atomic E-state index is 12.4. The zero-order valence-electron chi connectivity index (χ0n) is 20.6. The lowest BCUT2D eigenvalue weighted by Gasteiger charge is -2.36. The number of carbonyl (C=O) groups excluding carboxylic acids is 2. The molecule has 0 atom stereocenters. The molecule has 1 saturated heterocycles. The molecule has 33 heavy (non-hydrogen) atoms. The Bertz CT molecular complexity index is 741. The average Bonchev–Trinajstić information content (AvgIpc) is 3.28. The van der Waals surface area contributed by atoms with Crippen LogP contribution in [0.1, 0.15) is 58.0 Å². The van der Waals surface area contributed by atoms with Crippen LogP contribution in [0.15, 0.2) is 27.8 Å². The standard InChI is InChI=1S/C23H39N5O4.HI/c1-6-24-21(26-13-12-25-20(29)19-9-8-16-31-19)28-14-10-18(11-15-28)17-27(7-2)22(30)32-23(3,4)5;/h8-9,16,18H,6-7,10-15,17H2,1-5H3,(H,24,26)(H,25,29);1H. The lowest BCUT2D eigenvalue weighted by atomic mass is 9.96. The third kappa shape index (κ3) is 10.2. The van der Waals surface area contributed by atoms with Crippen molar-refractivity contribution in [2.75, 3.05) is 45.8 Å². The van der Waals surface area contributed by atoms with E-state index < -0.39 is 5.60 Å². The molecule has 0 aliphatic carbocycles. The maximum atomic E-state index is 12.4. The van der Waals surface area contributed by atoms with Crippen molar-refractivity contribution >= 4 is 41.9 Å². The summed E-state index contributed by atoms with van der Waals surface area (Å²) in [5.41, 5.74) is -0.484. The van der Waals surface area contributed by atoms with Crippen LogP contribution in [0.5, 0.6) is 0 Å². The molecule has 0 bridgehead atoms. The molecule has 0 unspecified atom stereocenters. The molecule has 1 aliphatic rings. The zero-order chi connectivity index (χ0) is 23.6. The molecule has 188 valence electrons. The van der Waals surface area contributed by atoms with Crippen LogP contribution in [0.3, 0.4) is 0 Å². The molecule has 0 saturated carbocycles. The highest BCUT2D eigenvalue weighted by Gasteiger charge is 2.27. The quantitative estimate of drug-likeness (QED) is 0.212. The second-order valence-electron chi connectivity index (χ2n) is 8.92. The molecule has 2 heterocycles. The molecule has 1 aliphatic heterocycles. The number of aliphatic imine (C=N–C) groups is 1. The number of piperidine rings is 1. The van der Waals surface area contributed by atoms with E-state index in [9.17, 15) is 9.59 Å². The summed E-state index contributed by atoms with van der Waals surface area (Å²) >= 11 is 0. The zero-order valence-corrected chi connectivity index (χ0v) is 22.9. The monoisotopic (exact) mass is 577 g/mol. The molecule has 1 aromatic rings. The minimum absolute atomic E-state index is 0. The SMILES string of the molecule is CCNC(=NCCNC(=O)c1ccco1)N1CCC(CN(CC)C(=O)OC(C)(C)C)CC1.I. The number of likely N-dealkylation sites (tertiary alicyclic amines) is 1. The van der Waals surface area contributed by atoms with Crippen molar-refractivity contribution in [3.63, 3.8) is 0 Å². The van der Waals surface area contributed by atoms with E-state index >= 15 is 0 Å². The number of rotatable bonds is 8. The van der Waals surface area contributed by atoms with Gasteiger partial charge in [0.15, 0.2) is 11.7 Å². The fourth-order valence-corrected chi connectivity index (χ4v) is 3.55. The van der Waals surface area contributed by atoms with Gasteiger partial charge in [0, 0.05) is 39.3 Å². The fourth-order valence-electron chi connectivity index (χ4n) is 3.55. The number of furan rings is 1. The molecule has 10 heteroatoms. The van der Waals surface area contributed by atoms with E-state index in [2.05, 4.69) is 20.5 Å². The van der Waals surface area contributed by atoms with Crippen molar-refractivity contribution in [2.45, 2.75) is 53.1 Å². The molecule has 1 fully saturated rings. The smallest absolute Gasteiger partial charge is 0.410 e. The number of nitrogens with zero attached hydrogens (tertiary/aromatic N) is 3. The molecule has 2 N–H and O–H groups in total. The Hall–Kier alpha value is -1.98. The van der Waals surface area contributed by atoms with Crippen LogP contribution in [0, 0.1) is 5.92 Å². The van der Waals surface area contributed by atoms with E-state index in [-0.39, 0.29) is 36.0 Å². The molecule has 9 nitrogen and oxygen atoms in total. The third-order valence-corrected chi connectivity index (χ3v) is 5.16. The van der Waals surface area contributed by atoms with E-state index in [0.717, 1.165) is 38.4 Å². The van der Waals surface area contributed by atoms with Gasteiger partial charge in [0.1, 0.15) is 5.60 Å². The van der Waals surface area contributed by atoms with Crippen LogP contribution in [0.2, 0.25) is 0 Å². The van der Waals surface area contributed by atoms with Gasteiger partial charge in [0.05, 0.1) is 12.8 Å². The van der Waals surface area contributed by atoms with Gasteiger partial charge in [0.2, 0.25) is 0 Å². The van der Waals surface area contributed by atoms with Crippen LogP contribution < -0.4 is 10.6 Å². The lowest BCUT2D eigenvalue weighted by Crippen LogP contribution is -2.48. The van der Waals surface area contributed by atoms with Crippen molar-refractivity contribution in [1.82, 2.24) is 20.4 Å². The Kier molecular flexibility index (Phi) is 12.6. The predicted octanol–water partition coefficient (Wildman–Crippen LogP) is 3.56. The second kappa shape index (κ2) is 14.3. The van der Waals surface area contributed by atoms with E-state index in [1.165, 1.54) is 6.26 Å². The summed E-state index contributed by atoms with van der Waals surface area (Å²) in [5.74, 6) is 1.36. The number of guanidine groups is 1. The van der Waals surface area contributed by atoms with Crippen molar-refractivity contribution < 1.29 is 18.7 Å². The first-order chi connectivity index (χ1) is 15.2. The first-order valence-corrected chi connectivity index (χ1v) is 11.6. The summed E-state index contributed by atoms with van der Waals surface area (Å²) in [6.07, 6.45) is 3.21. The number of ether oxygens (including phenoxy) is 1. The summed E-state index contributed by atoms with van der Waals surface area (Å²) < 4.78 is 10.6. The molecule has 2 amide bonds. The number of hydrogen-bond donors (Lipinski definition) is 2. The van der Waals surface area contributed by atoms with Crippen LogP contribution in [0.25, 0.3) is 0 Å². The van der Waals surface area contributed by atoms with Gasteiger partial charge in [-0.05, 0) is 65.5 Å². The largest absolute Gasteiger partial charge is 0.459 e. The summed E-state index contributed by atoms with van der Waals surface area (Å²) in [6, 6.07) is 3.32. The molecule has 0 spiro atoms. The van der Waals surface area contributed by atoms with E-state index in [1.807, 2.05) is 34.6 Å². The van der Waals surface area contributed by atoms with Gasteiger partial charge in [-0.15, -0.1) is 24.0 Å². The Morgan fingerprint density at radius 2 is 1.94 bits per heavy atom. The van der Waals surface area contributed by atoms with Gasteiger partial charge in [0.25, 0.3) is 5.91 Å². The normalized spacial score (nSPS) is 14.9. The highest BCUT2D eigenvalue weighted by Crippen LogP contribution is 2.20. The first kappa shape index (κ1) is 29.1. The molecular weight excluding hydrogens is 537 g/mol. The first-order valence-electron chi connectivity index (χ1n) is 11.6. The minimum atomic E-state index is -0.484. The Morgan fingerprint density at radius 3 is 2.48 bits per heavy atom. The predicted molar refractivity (Wildman–Crippen MR) is 140 cm³/mol. The summed E-state index contributed by atoms with van der Waals surface area (Å²) in [5, 5.41) is 6.15. The lowest BCUT2D eigenvalue weighted by molar-refractivity contribution is 0.0214. The molecular formula is C23H40IN5O4. The van der Waals surface area contributed by atoms with E-state index in [0.29, 0.717) is 37.9 Å². The topological polar surface area (TPSA) is 99.4 Å². The number of amides is 2. The van der Waals surface area contributed by atoms with Crippen LogP contribution in [-0.4, -0.2) is 79.2 Å². The Balaban J connectivity index is 0.00000544. The summed E-state index contributed by atoms with van der Waals surface area (Å²) in [4.78, 5) is 33.1. The highest BCUT2D eigenvalue weighted by atomic mass is 127. The van der Waals surface area contributed by atoms with Gasteiger partial charge in [-0.3, -0.25) is 9.79 Å². The van der Waals surface area contributed by atoms with E-state index in [1.54, 1.807) is 17.0 Å². The van der Waals surface area contributed by atoms with Crippen LogP contribution in [0.4, 0.5) is 4.79 Å². The van der Waals surface area contributed by atoms with Crippen LogP contribution >= 0.6 is 24.0 Å². The second-order valence-corrected chi connectivity index (χ2v) is 8.92. The Labute approximate surface area is 214 Å². The van der Waals surface area contributed by atoms with Gasteiger partial charge < -0.3 is 29.6 Å². The summed E-state index contributed by atoms with van der Waals surface area (Å²) in [6.45, 7) is 14.5. The molecule has 2 rings (SSSR count). The summed E-state index contributed by atoms with van der Waals surface area (Å²) in [7, 11) is 0. The highest BCUT2D eigenvalue weighted by molar-refractivity contribution is 14.0.